The Kier molecular flexibility index (Phi) is 3.61. The number of aliphatic hydroxyl groups is 1. The quantitative estimate of drug-likeness (QED) is 0.581. The summed E-state index contributed by atoms with van der Waals surface area (Å²) in [5, 5.41) is 13.7. The van der Waals surface area contributed by atoms with Crippen molar-refractivity contribution in [3.8, 4) is 0 Å². The molecule has 8 nitrogen and oxygen atoms in total. The van der Waals surface area contributed by atoms with Gasteiger partial charge in [0.05, 0.1) is 35.8 Å². The largest absolute Gasteiger partial charge is 0.394 e. The van der Waals surface area contributed by atoms with Crippen LogP contribution in [0.4, 0.5) is 0 Å². The third-order valence-electron chi connectivity index (χ3n) is 5.11. The molecule has 0 saturated heterocycles. The van der Waals surface area contributed by atoms with Gasteiger partial charge in [0.1, 0.15) is 11.8 Å². The minimum Gasteiger partial charge on any atom is -0.394 e. The molecule has 5 rings (SSSR count). The highest BCUT2D eigenvalue weighted by Gasteiger charge is 2.30. The van der Waals surface area contributed by atoms with Gasteiger partial charge in [-0.15, -0.1) is 0 Å². The number of hydrogen-bond donors (Lipinski definition) is 1. The normalized spacial score (nSPS) is 15.6. The lowest BCUT2D eigenvalue weighted by molar-refractivity contribution is 0.239. The minimum absolute atomic E-state index is 0.126. The van der Waals surface area contributed by atoms with E-state index in [-0.39, 0.29) is 18.2 Å². The van der Waals surface area contributed by atoms with Crippen molar-refractivity contribution in [2.75, 3.05) is 6.61 Å². The number of hydrogen-bond acceptors (Lipinski definition) is 6. The van der Waals surface area contributed by atoms with Crippen LogP contribution in [0.3, 0.4) is 0 Å². The third kappa shape index (κ3) is 2.56. The minimum atomic E-state index is -0.346. The van der Waals surface area contributed by atoms with Crippen molar-refractivity contribution in [2.24, 2.45) is 0 Å². The van der Waals surface area contributed by atoms with Gasteiger partial charge in [0.2, 0.25) is 5.89 Å². The summed E-state index contributed by atoms with van der Waals surface area (Å²) >= 11 is 0. The van der Waals surface area contributed by atoms with Crippen molar-refractivity contribution in [2.45, 2.75) is 38.1 Å². The van der Waals surface area contributed by atoms with Gasteiger partial charge in [-0.3, -0.25) is 13.8 Å². The molecule has 0 radical (unpaired) electrons. The number of para-hydroxylation sites is 2. The molecule has 1 atom stereocenters. The van der Waals surface area contributed by atoms with Crippen LogP contribution in [0.5, 0.6) is 0 Å². The SMILES string of the molecule is CC(CO)n1c(=O)c2c(Cc3noc(C4CC4)n3)ncn2c2ccccc21. The van der Waals surface area contributed by atoms with Gasteiger partial charge in [-0.25, -0.2) is 4.98 Å². The van der Waals surface area contributed by atoms with Crippen molar-refractivity contribution >= 4 is 16.6 Å². The Balaban J connectivity index is 1.69. The lowest BCUT2D eigenvalue weighted by Gasteiger charge is -2.17. The monoisotopic (exact) mass is 365 g/mol. The zero-order valence-electron chi connectivity index (χ0n) is 14.9. The van der Waals surface area contributed by atoms with Crippen LogP contribution < -0.4 is 5.56 Å². The van der Waals surface area contributed by atoms with Crippen molar-refractivity contribution in [1.29, 1.82) is 0 Å². The summed E-state index contributed by atoms with van der Waals surface area (Å²) in [5.74, 6) is 1.59. The summed E-state index contributed by atoms with van der Waals surface area (Å²) in [6, 6.07) is 7.27. The Morgan fingerprint density at radius 2 is 2.07 bits per heavy atom. The van der Waals surface area contributed by atoms with Gasteiger partial charge in [-0.05, 0) is 31.9 Å². The Morgan fingerprint density at radius 3 is 2.81 bits per heavy atom. The summed E-state index contributed by atoms with van der Waals surface area (Å²) in [6.45, 7) is 1.70. The lowest BCUT2D eigenvalue weighted by atomic mass is 10.2. The second-order valence-corrected chi connectivity index (χ2v) is 7.11. The summed E-state index contributed by atoms with van der Waals surface area (Å²) in [6.07, 6.45) is 4.16. The van der Waals surface area contributed by atoms with Crippen LogP contribution in [0.15, 0.2) is 39.9 Å². The van der Waals surface area contributed by atoms with Crippen LogP contribution in [-0.2, 0) is 6.42 Å². The van der Waals surface area contributed by atoms with Gasteiger partial charge >= 0.3 is 0 Å². The Morgan fingerprint density at radius 1 is 1.30 bits per heavy atom. The van der Waals surface area contributed by atoms with Crippen LogP contribution >= 0.6 is 0 Å². The first-order valence-corrected chi connectivity index (χ1v) is 9.10. The second kappa shape index (κ2) is 6.02. The van der Waals surface area contributed by atoms with E-state index in [1.807, 2.05) is 31.2 Å². The number of aliphatic hydroxyl groups excluding tert-OH is 1. The van der Waals surface area contributed by atoms with Crippen molar-refractivity contribution < 1.29 is 9.63 Å². The van der Waals surface area contributed by atoms with Gasteiger partial charge < -0.3 is 9.63 Å². The van der Waals surface area contributed by atoms with Crippen LogP contribution in [0.25, 0.3) is 16.6 Å². The first kappa shape index (κ1) is 16.2. The molecule has 138 valence electrons. The smallest absolute Gasteiger partial charge is 0.277 e. The number of benzene rings is 1. The molecule has 0 bridgehead atoms. The third-order valence-corrected chi connectivity index (χ3v) is 5.11. The maximum Gasteiger partial charge on any atom is 0.277 e. The summed E-state index contributed by atoms with van der Waals surface area (Å²) in [5.41, 5.74) is 2.52. The van der Waals surface area contributed by atoms with Crippen LogP contribution in [0.2, 0.25) is 0 Å². The van der Waals surface area contributed by atoms with E-state index in [1.54, 1.807) is 15.3 Å². The molecular formula is C19H19N5O3. The maximum atomic E-state index is 13.3. The molecule has 1 aromatic carbocycles. The van der Waals surface area contributed by atoms with Crippen molar-refractivity contribution in [3.63, 3.8) is 0 Å². The van der Waals surface area contributed by atoms with Crippen LogP contribution in [-0.4, -0.2) is 35.8 Å². The average Bonchev–Trinajstić information content (AvgIpc) is 3.29. The summed E-state index contributed by atoms with van der Waals surface area (Å²) < 4.78 is 8.74. The molecule has 3 aromatic heterocycles. The maximum absolute atomic E-state index is 13.3. The highest BCUT2D eigenvalue weighted by atomic mass is 16.5. The molecular weight excluding hydrogens is 346 g/mol. The molecule has 1 aliphatic rings. The molecule has 1 unspecified atom stereocenters. The predicted molar refractivity (Wildman–Crippen MR) is 97.8 cm³/mol. The van der Waals surface area contributed by atoms with E-state index in [0.29, 0.717) is 35.3 Å². The summed E-state index contributed by atoms with van der Waals surface area (Å²) in [4.78, 5) is 22.2. The molecule has 27 heavy (non-hydrogen) atoms. The molecule has 3 heterocycles. The van der Waals surface area contributed by atoms with Crippen molar-refractivity contribution in [1.82, 2.24) is 24.1 Å². The molecule has 1 fully saturated rings. The molecule has 0 spiro atoms. The average molecular weight is 365 g/mol. The number of imidazole rings is 1. The van der Waals surface area contributed by atoms with Gasteiger partial charge in [0, 0.05) is 5.92 Å². The van der Waals surface area contributed by atoms with Crippen LogP contribution in [0.1, 0.15) is 49.1 Å². The van der Waals surface area contributed by atoms with E-state index >= 15 is 0 Å². The zero-order valence-corrected chi connectivity index (χ0v) is 14.9. The topological polar surface area (TPSA) is 98.5 Å². The molecule has 0 amide bonds. The Labute approximate surface area is 154 Å². The zero-order chi connectivity index (χ0) is 18.5. The lowest BCUT2D eigenvalue weighted by Crippen LogP contribution is -2.27. The van der Waals surface area contributed by atoms with Crippen LogP contribution in [0, 0.1) is 0 Å². The number of nitrogens with zero attached hydrogens (tertiary/aromatic N) is 5. The Bertz CT molecular complexity index is 1200. The predicted octanol–water partition coefficient (Wildman–Crippen LogP) is 2.05. The first-order valence-electron chi connectivity index (χ1n) is 9.10. The van der Waals surface area contributed by atoms with E-state index in [4.69, 9.17) is 4.52 Å². The first-order chi connectivity index (χ1) is 13.2. The molecule has 1 aliphatic carbocycles. The molecule has 8 heteroatoms. The standard InChI is InChI=1S/C19H19N5O3/c1-11(9-25)24-15-5-3-2-4-14(15)23-10-20-13(17(23)19(24)26)8-16-21-18(27-22-16)12-6-7-12/h2-5,10-12,25H,6-9H2,1H3. The fraction of sp³-hybridized carbons (Fsp3) is 0.368. The van der Waals surface area contributed by atoms with E-state index in [1.165, 1.54) is 0 Å². The molecule has 1 saturated carbocycles. The van der Waals surface area contributed by atoms with Gasteiger partial charge in [-0.1, -0.05) is 17.3 Å². The second-order valence-electron chi connectivity index (χ2n) is 7.11. The number of aromatic nitrogens is 5. The fourth-order valence-corrected chi connectivity index (χ4v) is 3.52. The highest BCUT2D eigenvalue weighted by Crippen LogP contribution is 2.38. The van der Waals surface area contributed by atoms with Gasteiger partial charge in [0.15, 0.2) is 5.82 Å². The molecule has 4 aromatic rings. The van der Waals surface area contributed by atoms with E-state index in [0.717, 1.165) is 23.9 Å². The number of fused-ring (bicyclic) bond motifs is 3. The summed E-state index contributed by atoms with van der Waals surface area (Å²) in [7, 11) is 0. The number of rotatable bonds is 5. The molecule has 0 aliphatic heterocycles. The van der Waals surface area contributed by atoms with Gasteiger partial charge in [-0.2, -0.15) is 4.98 Å². The van der Waals surface area contributed by atoms with E-state index < -0.39 is 0 Å². The molecule has 1 N–H and O–H groups in total. The fourth-order valence-electron chi connectivity index (χ4n) is 3.52. The Hall–Kier alpha value is -3.00. The van der Waals surface area contributed by atoms with Crippen molar-refractivity contribution in [3.05, 3.63) is 58.4 Å². The van der Waals surface area contributed by atoms with E-state index in [9.17, 15) is 9.90 Å². The highest BCUT2D eigenvalue weighted by molar-refractivity contribution is 5.79. The van der Waals surface area contributed by atoms with Gasteiger partial charge in [0.25, 0.3) is 5.56 Å². The van der Waals surface area contributed by atoms with E-state index in [2.05, 4.69) is 15.1 Å².